The highest BCUT2D eigenvalue weighted by Gasteiger charge is 2.39. The van der Waals surface area contributed by atoms with Crippen molar-refractivity contribution in [3.8, 4) is 17.3 Å². The van der Waals surface area contributed by atoms with Crippen LogP contribution in [-0.4, -0.2) is 21.4 Å². The second-order valence-corrected chi connectivity index (χ2v) is 11.9. The lowest BCUT2D eigenvalue weighted by Crippen LogP contribution is -2.34. The molecular weight excluding hydrogens is 482 g/mol. The van der Waals surface area contributed by atoms with E-state index in [1.54, 1.807) is 6.07 Å². The highest BCUT2D eigenvalue weighted by molar-refractivity contribution is 7.18. The summed E-state index contributed by atoms with van der Waals surface area (Å²) < 4.78 is 13.3. The highest BCUT2D eigenvalue weighted by atomic mass is 32.1. The number of hydrogen-bond donors (Lipinski definition) is 1. The van der Waals surface area contributed by atoms with Gasteiger partial charge in [0.1, 0.15) is 22.1 Å². The smallest absolute Gasteiger partial charge is 0.145 e. The number of rotatable bonds is 7. The first-order valence-electron chi connectivity index (χ1n) is 13.3. The van der Waals surface area contributed by atoms with E-state index in [1.165, 1.54) is 35.3 Å². The molecule has 7 rings (SSSR count). The fourth-order valence-electron chi connectivity index (χ4n) is 5.65. The number of fused-ring (bicyclic) bond motifs is 1. The van der Waals surface area contributed by atoms with Gasteiger partial charge in [0, 0.05) is 17.0 Å². The molecule has 7 heteroatoms. The van der Waals surface area contributed by atoms with Crippen LogP contribution in [-0.2, 0) is 16.9 Å². The Morgan fingerprint density at radius 1 is 1.05 bits per heavy atom. The topological polar surface area (TPSA) is 92.2 Å². The fourth-order valence-corrected chi connectivity index (χ4v) is 6.80. The van der Waals surface area contributed by atoms with Crippen LogP contribution in [0.3, 0.4) is 0 Å². The lowest BCUT2D eigenvalue weighted by atomic mass is 9.83. The number of thiazole rings is 1. The number of ether oxygens (including phenoxy) is 1. The summed E-state index contributed by atoms with van der Waals surface area (Å²) in [6.45, 7) is 0.491. The van der Waals surface area contributed by atoms with Gasteiger partial charge in [-0.05, 0) is 81.0 Å². The minimum atomic E-state index is -0.943. The van der Waals surface area contributed by atoms with Gasteiger partial charge in [-0.3, -0.25) is 0 Å². The first-order chi connectivity index (χ1) is 18.1. The van der Waals surface area contributed by atoms with Gasteiger partial charge in [-0.2, -0.15) is 5.26 Å². The van der Waals surface area contributed by atoms with Crippen molar-refractivity contribution in [3.05, 3.63) is 69.9 Å². The molecule has 37 heavy (non-hydrogen) atoms. The molecule has 0 spiro atoms. The average molecular weight is 512 g/mol. The van der Waals surface area contributed by atoms with Gasteiger partial charge in [0.05, 0.1) is 34.6 Å². The molecule has 0 bridgehead atoms. The predicted octanol–water partition coefficient (Wildman–Crippen LogP) is 6.92. The minimum absolute atomic E-state index is 0.0772. The van der Waals surface area contributed by atoms with E-state index in [0.29, 0.717) is 36.8 Å². The fraction of sp³-hybridized carbons (Fsp3) is 0.433. The van der Waals surface area contributed by atoms with Gasteiger partial charge in [0.15, 0.2) is 0 Å². The molecule has 0 atom stereocenters. The molecule has 3 saturated carbocycles. The predicted molar refractivity (Wildman–Crippen MR) is 141 cm³/mol. The molecule has 0 saturated heterocycles. The van der Waals surface area contributed by atoms with Crippen molar-refractivity contribution in [2.24, 2.45) is 0 Å². The highest BCUT2D eigenvalue weighted by Crippen LogP contribution is 2.48. The Morgan fingerprint density at radius 3 is 2.59 bits per heavy atom. The summed E-state index contributed by atoms with van der Waals surface area (Å²) in [5.74, 6) is 2.10. The maximum Gasteiger partial charge on any atom is 0.145 e. The molecule has 1 N–H and O–H groups in total. The molecule has 0 unspecified atom stereocenters. The first kappa shape index (κ1) is 23.1. The van der Waals surface area contributed by atoms with Crippen molar-refractivity contribution in [2.45, 2.75) is 81.5 Å². The summed E-state index contributed by atoms with van der Waals surface area (Å²) >= 11 is 1.49. The van der Waals surface area contributed by atoms with Crippen LogP contribution in [0.4, 0.5) is 0 Å². The monoisotopic (exact) mass is 511 g/mol. The van der Waals surface area contributed by atoms with Gasteiger partial charge in [0.2, 0.25) is 0 Å². The third kappa shape index (κ3) is 4.37. The van der Waals surface area contributed by atoms with E-state index >= 15 is 0 Å². The lowest BCUT2D eigenvalue weighted by Gasteiger charge is -2.34. The van der Waals surface area contributed by atoms with Crippen LogP contribution in [0.25, 0.3) is 21.5 Å². The van der Waals surface area contributed by atoms with Crippen LogP contribution in [0.1, 0.15) is 90.7 Å². The summed E-state index contributed by atoms with van der Waals surface area (Å²) in [4.78, 5) is 4.70. The Labute approximate surface area is 219 Å². The standard InChI is InChI=1S/C30H29N3O3S/c31-16-18-5-10-25-26(15-18)37-29(32-25)30(34)13-11-21(12-14-30)35-17-24-27(33-36-28(24)20-8-9-20)23-4-2-1-3-22(23)19-6-7-19/h1-5,10,15,19-21,34H,6-9,11-14,17H2/t21-,30+. The third-order valence-electron chi connectivity index (χ3n) is 8.14. The van der Waals surface area contributed by atoms with Crippen LogP contribution in [0.2, 0.25) is 0 Å². The number of aromatic nitrogens is 2. The van der Waals surface area contributed by atoms with E-state index in [1.807, 2.05) is 12.1 Å². The van der Waals surface area contributed by atoms with E-state index < -0.39 is 5.60 Å². The molecule has 6 nitrogen and oxygen atoms in total. The van der Waals surface area contributed by atoms with Crippen LogP contribution in [0.5, 0.6) is 0 Å². The maximum atomic E-state index is 11.4. The summed E-state index contributed by atoms with van der Waals surface area (Å²) in [6.07, 6.45) is 7.64. The van der Waals surface area contributed by atoms with Gasteiger partial charge in [-0.1, -0.05) is 29.4 Å². The quantitative estimate of drug-likeness (QED) is 0.289. The van der Waals surface area contributed by atoms with Gasteiger partial charge in [0.25, 0.3) is 0 Å². The Hall–Kier alpha value is -3.05. The van der Waals surface area contributed by atoms with E-state index in [2.05, 4.69) is 35.5 Å². The molecule has 3 aliphatic rings. The molecule has 0 amide bonds. The summed E-state index contributed by atoms with van der Waals surface area (Å²) in [5, 5.41) is 25.9. The normalized spacial score (nSPS) is 23.8. The molecular formula is C30H29N3O3S. The molecule has 4 aromatic rings. The number of nitriles is 1. The first-order valence-corrected chi connectivity index (χ1v) is 14.2. The molecule has 2 aromatic heterocycles. The molecule has 0 aliphatic heterocycles. The second-order valence-electron chi connectivity index (χ2n) is 10.9. The van der Waals surface area contributed by atoms with Crippen LogP contribution >= 0.6 is 11.3 Å². The van der Waals surface area contributed by atoms with Gasteiger partial charge >= 0.3 is 0 Å². The van der Waals surface area contributed by atoms with Crippen LogP contribution in [0.15, 0.2) is 47.0 Å². The lowest BCUT2D eigenvalue weighted by molar-refractivity contribution is -0.0640. The number of aliphatic hydroxyl groups is 1. The van der Waals surface area contributed by atoms with Crippen molar-refractivity contribution < 1.29 is 14.4 Å². The van der Waals surface area contributed by atoms with Crippen LogP contribution < -0.4 is 0 Å². The molecule has 188 valence electrons. The summed E-state index contributed by atoms with van der Waals surface area (Å²) in [7, 11) is 0. The Morgan fingerprint density at radius 2 is 1.84 bits per heavy atom. The van der Waals surface area contributed by atoms with E-state index in [0.717, 1.165) is 57.9 Å². The van der Waals surface area contributed by atoms with Crippen molar-refractivity contribution in [2.75, 3.05) is 0 Å². The van der Waals surface area contributed by atoms with E-state index in [4.69, 9.17) is 14.2 Å². The molecule has 2 heterocycles. The summed E-state index contributed by atoms with van der Waals surface area (Å²) in [6, 6.07) is 16.3. The zero-order chi connectivity index (χ0) is 25.0. The zero-order valence-corrected chi connectivity index (χ0v) is 21.5. The van der Waals surface area contributed by atoms with Crippen LogP contribution in [0, 0.1) is 11.3 Å². The largest absolute Gasteiger partial charge is 0.383 e. The maximum absolute atomic E-state index is 11.4. The molecule has 2 aromatic carbocycles. The van der Waals surface area contributed by atoms with Crippen molar-refractivity contribution >= 4 is 21.6 Å². The number of nitrogens with zero attached hydrogens (tertiary/aromatic N) is 3. The van der Waals surface area contributed by atoms with Gasteiger partial charge < -0.3 is 14.4 Å². The van der Waals surface area contributed by atoms with Crippen molar-refractivity contribution in [1.29, 1.82) is 5.26 Å². The summed E-state index contributed by atoms with van der Waals surface area (Å²) in [5.41, 5.74) is 5.13. The average Bonchev–Trinajstić information content (AvgIpc) is 3.87. The molecule has 3 aliphatic carbocycles. The Balaban J connectivity index is 1.07. The zero-order valence-electron chi connectivity index (χ0n) is 20.7. The van der Waals surface area contributed by atoms with E-state index in [9.17, 15) is 10.4 Å². The van der Waals surface area contributed by atoms with Gasteiger partial charge in [-0.15, -0.1) is 11.3 Å². The van der Waals surface area contributed by atoms with Crippen molar-refractivity contribution in [3.63, 3.8) is 0 Å². The SMILES string of the molecule is N#Cc1ccc2nc([C@]3(O)CC[C@@H](OCc4c(-c5ccccc5C5CC5)noc4C4CC4)CC3)sc2c1. The van der Waals surface area contributed by atoms with Crippen molar-refractivity contribution in [1.82, 2.24) is 10.1 Å². The molecule has 0 radical (unpaired) electrons. The third-order valence-corrected chi connectivity index (χ3v) is 9.35. The Bertz CT molecular complexity index is 1500. The number of benzene rings is 2. The second kappa shape index (κ2) is 9.05. The molecule has 3 fully saturated rings. The minimum Gasteiger partial charge on any atom is -0.383 e. The Kier molecular flexibility index (Phi) is 5.65. The van der Waals surface area contributed by atoms with E-state index in [-0.39, 0.29) is 6.10 Å². The number of hydrogen-bond acceptors (Lipinski definition) is 7. The van der Waals surface area contributed by atoms with Gasteiger partial charge in [-0.25, -0.2) is 4.98 Å².